The van der Waals surface area contributed by atoms with Crippen LogP contribution in [0.15, 0.2) is 5.16 Å². The molecule has 0 aliphatic carbocycles. The molecule has 112 valence electrons. The minimum absolute atomic E-state index is 0.245. The van der Waals surface area contributed by atoms with E-state index in [1.807, 2.05) is 14.0 Å². The van der Waals surface area contributed by atoms with Gasteiger partial charge in [-0.25, -0.2) is 0 Å². The highest BCUT2D eigenvalue weighted by Gasteiger charge is 2.44. The van der Waals surface area contributed by atoms with Crippen molar-refractivity contribution in [2.45, 2.75) is 25.6 Å². The summed E-state index contributed by atoms with van der Waals surface area (Å²) < 4.78 is 38.6. The molecular formula is C11H21F3N4O. The van der Waals surface area contributed by atoms with E-state index in [-0.39, 0.29) is 12.6 Å². The van der Waals surface area contributed by atoms with Crippen LogP contribution in [0.3, 0.4) is 0 Å². The molecule has 2 unspecified atom stereocenters. The Labute approximate surface area is 110 Å². The van der Waals surface area contributed by atoms with E-state index in [2.05, 4.69) is 10.1 Å². The number of amidine groups is 1. The molecule has 1 heterocycles. The third kappa shape index (κ3) is 4.24. The lowest BCUT2D eigenvalue weighted by Gasteiger charge is -2.40. The van der Waals surface area contributed by atoms with Crippen molar-refractivity contribution in [3.05, 3.63) is 0 Å². The van der Waals surface area contributed by atoms with Crippen LogP contribution in [0.5, 0.6) is 0 Å². The van der Waals surface area contributed by atoms with Gasteiger partial charge in [0.2, 0.25) is 0 Å². The van der Waals surface area contributed by atoms with Crippen molar-refractivity contribution in [3.63, 3.8) is 0 Å². The van der Waals surface area contributed by atoms with E-state index >= 15 is 0 Å². The molecule has 1 aliphatic rings. The minimum atomic E-state index is -4.50. The molecule has 0 aromatic rings. The van der Waals surface area contributed by atoms with E-state index in [1.54, 1.807) is 4.90 Å². The Balaban J connectivity index is 2.70. The van der Waals surface area contributed by atoms with Crippen LogP contribution in [0.1, 0.15) is 13.3 Å². The fraction of sp³-hybridized carbons (Fsp3) is 0.909. The summed E-state index contributed by atoms with van der Waals surface area (Å²) in [5.74, 6) is -2.70. The second kappa shape index (κ2) is 6.42. The maximum absolute atomic E-state index is 12.9. The lowest BCUT2D eigenvalue weighted by molar-refractivity contribution is -0.161. The van der Waals surface area contributed by atoms with Crippen LogP contribution < -0.4 is 5.73 Å². The van der Waals surface area contributed by atoms with E-state index < -0.39 is 17.9 Å². The number of alkyl halides is 3. The predicted octanol–water partition coefficient (Wildman–Crippen LogP) is 0.937. The van der Waals surface area contributed by atoms with E-state index in [4.69, 9.17) is 10.9 Å². The third-order valence-corrected chi connectivity index (χ3v) is 3.64. The summed E-state index contributed by atoms with van der Waals surface area (Å²) >= 11 is 0. The van der Waals surface area contributed by atoms with Gasteiger partial charge in [0.05, 0.1) is 0 Å². The van der Waals surface area contributed by atoms with Crippen molar-refractivity contribution in [2.75, 3.05) is 33.2 Å². The van der Waals surface area contributed by atoms with E-state index in [1.165, 1.54) is 0 Å². The zero-order chi connectivity index (χ0) is 14.6. The Morgan fingerprint density at radius 2 is 2.11 bits per heavy atom. The Bertz CT molecular complexity index is 322. The van der Waals surface area contributed by atoms with Crippen LogP contribution in [0.4, 0.5) is 13.2 Å². The monoisotopic (exact) mass is 282 g/mol. The summed E-state index contributed by atoms with van der Waals surface area (Å²) in [5, 5.41) is 11.0. The summed E-state index contributed by atoms with van der Waals surface area (Å²) in [6, 6.07) is 0.245. The van der Waals surface area contributed by atoms with Gasteiger partial charge in [0.15, 0.2) is 5.84 Å². The molecule has 1 aliphatic heterocycles. The molecule has 8 heteroatoms. The first-order valence-corrected chi connectivity index (χ1v) is 6.26. The number of likely N-dealkylation sites (N-methyl/N-ethyl adjacent to an activating group) is 1. The number of oxime groups is 1. The van der Waals surface area contributed by atoms with Crippen LogP contribution in [0.25, 0.3) is 0 Å². The normalized spacial score (nSPS) is 25.5. The summed E-state index contributed by atoms with van der Waals surface area (Å²) in [6.07, 6.45) is -3.62. The number of rotatable bonds is 4. The second-order valence-corrected chi connectivity index (χ2v) is 4.92. The van der Waals surface area contributed by atoms with Gasteiger partial charge in [0, 0.05) is 32.2 Å². The van der Waals surface area contributed by atoms with Gasteiger partial charge in [-0.3, -0.25) is 4.90 Å². The van der Waals surface area contributed by atoms with Crippen molar-refractivity contribution in [3.8, 4) is 0 Å². The molecule has 2 atom stereocenters. The van der Waals surface area contributed by atoms with Crippen molar-refractivity contribution >= 4 is 5.84 Å². The van der Waals surface area contributed by atoms with Crippen molar-refractivity contribution in [2.24, 2.45) is 16.8 Å². The van der Waals surface area contributed by atoms with Crippen LogP contribution in [-0.2, 0) is 0 Å². The molecule has 1 fully saturated rings. The number of halogens is 3. The Morgan fingerprint density at radius 1 is 1.47 bits per heavy atom. The first-order valence-electron chi connectivity index (χ1n) is 6.26. The maximum atomic E-state index is 12.9. The van der Waals surface area contributed by atoms with Crippen molar-refractivity contribution in [1.82, 2.24) is 9.80 Å². The van der Waals surface area contributed by atoms with E-state index in [9.17, 15) is 13.2 Å². The lowest BCUT2D eigenvalue weighted by atomic mass is 10.0. The molecule has 5 nitrogen and oxygen atoms in total. The molecule has 0 radical (unpaired) electrons. The molecule has 0 saturated carbocycles. The molecular weight excluding hydrogens is 261 g/mol. The van der Waals surface area contributed by atoms with Gasteiger partial charge in [0.25, 0.3) is 0 Å². The Hall–Kier alpha value is -1.02. The van der Waals surface area contributed by atoms with Gasteiger partial charge >= 0.3 is 6.18 Å². The average molecular weight is 282 g/mol. The maximum Gasteiger partial charge on any atom is 0.400 e. The zero-order valence-corrected chi connectivity index (χ0v) is 11.2. The smallest absolute Gasteiger partial charge is 0.400 e. The molecule has 0 amide bonds. The first kappa shape index (κ1) is 16.0. The van der Waals surface area contributed by atoms with Gasteiger partial charge in [0.1, 0.15) is 5.92 Å². The van der Waals surface area contributed by atoms with Gasteiger partial charge in [-0.05, 0) is 13.5 Å². The summed E-state index contributed by atoms with van der Waals surface area (Å²) in [4.78, 5) is 3.87. The molecule has 3 N–H and O–H groups in total. The van der Waals surface area contributed by atoms with Crippen LogP contribution in [-0.4, -0.2) is 66.3 Å². The predicted molar refractivity (Wildman–Crippen MR) is 66.1 cm³/mol. The fourth-order valence-electron chi connectivity index (χ4n) is 2.31. The Kier molecular flexibility index (Phi) is 5.42. The second-order valence-electron chi connectivity index (χ2n) is 4.92. The Morgan fingerprint density at radius 3 is 2.58 bits per heavy atom. The molecule has 1 rings (SSSR count). The van der Waals surface area contributed by atoms with Crippen molar-refractivity contribution < 1.29 is 18.4 Å². The largest absolute Gasteiger partial charge is 0.409 e. The van der Waals surface area contributed by atoms with Gasteiger partial charge < -0.3 is 15.8 Å². The summed E-state index contributed by atoms with van der Waals surface area (Å²) in [6.45, 7) is 3.59. The SMILES string of the molecule is CCC1CN(CC(C(N)=NO)C(F)(F)F)CCN1C. The zero-order valence-electron chi connectivity index (χ0n) is 11.2. The average Bonchev–Trinajstić information content (AvgIpc) is 2.35. The molecule has 0 aromatic carbocycles. The highest BCUT2D eigenvalue weighted by atomic mass is 19.4. The fourth-order valence-corrected chi connectivity index (χ4v) is 2.31. The van der Waals surface area contributed by atoms with Gasteiger partial charge in [-0.15, -0.1) is 0 Å². The highest BCUT2D eigenvalue weighted by Crippen LogP contribution is 2.28. The third-order valence-electron chi connectivity index (χ3n) is 3.64. The minimum Gasteiger partial charge on any atom is -0.409 e. The quantitative estimate of drug-likeness (QED) is 0.348. The lowest BCUT2D eigenvalue weighted by Crippen LogP contribution is -2.54. The molecule has 0 spiro atoms. The number of piperazine rings is 1. The topological polar surface area (TPSA) is 65.1 Å². The number of hydrogen-bond donors (Lipinski definition) is 2. The van der Waals surface area contributed by atoms with Crippen LogP contribution >= 0.6 is 0 Å². The van der Waals surface area contributed by atoms with Gasteiger partial charge in [-0.2, -0.15) is 13.2 Å². The van der Waals surface area contributed by atoms with Crippen molar-refractivity contribution in [1.29, 1.82) is 0 Å². The molecule has 1 saturated heterocycles. The standard InChI is InChI=1S/C11H21F3N4O/c1-3-8-6-18(5-4-17(8)2)7-9(10(15)16-19)11(12,13)14/h8-9,19H,3-7H2,1-2H3,(H2,15,16). The first-order chi connectivity index (χ1) is 8.79. The molecule has 19 heavy (non-hydrogen) atoms. The van der Waals surface area contributed by atoms with Crippen LogP contribution in [0.2, 0.25) is 0 Å². The van der Waals surface area contributed by atoms with E-state index in [0.29, 0.717) is 13.1 Å². The number of nitrogens with two attached hydrogens (primary N) is 1. The highest BCUT2D eigenvalue weighted by molar-refractivity contribution is 5.83. The number of nitrogens with zero attached hydrogens (tertiary/aromatic N) is 3. The summed E-state index contributed by atoms with van der Waals surface area (Å²) in [5.41, 5.74) is 5.16. The van der Waals surface area contributed by atoms with Crippen LogP contribution in [0, 0.1) is 5.92 Å². The number of hydrogen-bond acceptors (Lipinski definition) is 4. The molecule has 0 bridgehead atoms. The summed E-state index contributed by atoms with van der Waals surface area (Å²) in [7, 11) is 1.97. The van der Waals surface area contributed by atoms with E-state index in [0.717, 1.165) is 13.0 Å². The van der Waals surface area contributed by atoms with Gasteiger partial charge in [-0.1, -0.05) is 12.1 Å². The molecule has 0 aromatic heterocycles.